The summed E-state index contributed by atoms with van der Waals surface area (Å²) in [6.07, 6.45) is 2.94. The predicted octanol–water partition coefficient (Wildman–Crippen LogP) is 1.66. The number of benzene rings is 1. The fourth-order valence-electron chi connectivity index (χ4n) is 3.00. The maximum absolute atomic E-state index is 12.3. The van der Waals surface area contributed by atoms with Gasteiger partial charge in [-0.3, -0.25) is 4.79 Å². The molecular weight excluding hydrogens is 346 g/mol. The molecule has 2 aromatic heterocycles. The fraction of sp³-hybridized carbons (Fsp3) is 0.263. The number of nitrogens with zero attached hydrogens (tertiary/aromatic N) is 4. The van der Waals surface area contributed by atoms with Gasteiger partial charge in [0.2, 0.25) is 0 Å². The minimum Gasteiger partial charge on any atom is -0.448 e. The number of hydrogen-bond acceptors (Lipinski definition) is 5. The lowest BCUT2D eigenvalue weighted by Gasteiger charge is -2.12. The Bertz CT molecular complexity index is 970. The topological polar surface area (TPSA) is 89.3 Å². The third kappa shape index (κ3) is 3.74. The van der Waals surface area contributed by atoms with Gasteiger partial charge < -0.3 is 19.5 Å². The molecule has 27 heavy (non-hydrogen) atoms. The summed E-state index contributed by atoms with van der Waals surface area (Å²) < 4.78 is 6.80. The minimum absolute atomic E-state index is 0.241. The van der Waals surface area contributed by atoms with Gasteiger partial charge in [0.1, 0.15) is 12.1 Å². The van der Waals surface area contributed by atoms with Crippen molar-refractivity contribution in [3.8, 4) is 0 Å². The molecule has 1 N–H and O–H groups in total. The fourth-order valence-corrected chi connectivity index (χ4v) is 3.00. The molecule has 0 unspecified atom stereocenters. The van der Waals surface area contributed by atoms with E-state index in [0.29, 0.717) is 43.9 Å². The molecule has 0 saturated carbocycles. The second kappa shape index (κ2) is 7.45. The molecule has 1 fully saturated rings. The second-order valence-electron chi connectivity index (χ2n) is 6.28. The Labute approximate surface area is 155 Å². The molecule has 2 amide bonds. The van der Waals surface area contributed by atoms with Crippen molar-refractivity contribution in [1.29, 1.82) is 0 Å². The van der Waals surface area contributed by atoms with Crippen LogP contribution in [0.15, 0.2) is 48.9 Å². The number of pyridine rings is 1. The molecule has 0 aliphatic carbocycles. The Morgan fingerprint density at radius 1 is 1.22 bits per heavy atom. The zero-order valence-corrected chi connectivity index (χ0v) is 14.7. The quantitative estimate of drug-likeness (QED) is 0.718. The summed E-state index contributed by atoms with van der Waals surface area (Å²) in [4.78, 5) is 34.0. The van der Waals surface area contributed by atoms with Crippen molar-refractivity contribution >= 4 is 23.2 Å². The summed E-state index contributed by atoms with van der Waals surface area (Å²) in [6, 6.07) is 11.8. The van der Waals surface area contributed by atoms with E-state index in [2.05, 4.69) is 15.3 Å². The molecule has 1 aliphatic heterocycles. The molecule has 0 spiro atoms. The first-order valence-electron chi connectivity index (χ1n) is 8.75. The molecule has 8 heteroatoms. The molecule has 0 radical (unpaired) electrons. The molecule has 138 valence electrons. The van der Waals surface area contributed by atoms with E-state index in [4.69, 9.17) is 4.74 Å². The van der Waals surface area contributed by atoms with Gasteiger partial charge in [0, 0.05) is 19.3 Å². The average molecular weight is 365 g/mol. The van der Waals surface area contributed by atoms with E-state index >= 15 is 0 Å². The molecule has 3 heterocycles. The molecule has 1 aliphatic rings. The number of amides is 2. The van der Waals surface area contributed by atoms with E-state index in [1.165, 1.54) is 0 Å². The van der Waals surface area contributed by atoms with Crippen molar-refractivity contribution in [3.05, 3.63) is 60.0 Å². The Kier molecular flexibility index (Phi) is 4.69. The number of fused-ring (bicyclic) bond motifs is 1. The number of aromatic nitrogens is 3. The van der Waals surface area contributed by atoms with Crippen LogP contribution in [0.5, 0.6) is 0 Å². The number of carbonyl (C=O) groups excluding carboxylic acids is 2. The van der Waals surface area contributed by atoms with Crippen molar-refractivity contribution in [2.24, 2.45) is 0 Å². The zero-order chi connectivity index (χ0) is 18.6. The third-order valence-electron chi connectivity index (χ3n) is 4.43. The van der Waals surface area contributed by atoms with Crippen molar-refractivity contribution in [2.75, 3.05) is 26.2 Å². The number of hydrogen-bond donors (Lipinski definition) is 1. The standard InChI is InChI=1S/C19H19N5O3/c25-18(20-6-7-23-8-9-27-19(23)26)15-10-16-17(21-11-15)24(13-22-16)12-14-4-2-1-3-5-14/h1-5,10-11,13H,6-9,12H2,(H,20,25). The smallest absolute Gasteiger partial charge is 0.409 e. The van der Waals surface area contributed by atoms with E-state index < -0.39 is 0 Å². The van der Waals surface area contributed by atoms with Crippen LogP contribution >= 0.6 is 0 Å². The van der Waals surface area contributed by atoms with Crippen LogP contribution in [0.3, 0.4) is 0 Å². The lowest BCUT2D eigenvalue weighted by atomic mass is 10.2. The van der Waals surface area contributed by atoms with Gasteiger partial charge in [-0.05, 0) is 11.6 Å². The predicted molar refractivity (Wildman–Crippen MR) is 98.3 cm³/mol. The first-order valence-corrected chi connectivity index (χ1v) is 8.75. The Morgan fingerprint density at radius 2 is 2.07 bits per heavy atom. The van der Waals surface area contributed by atoms with Crippen LogP contribution in [0.25, 0.3) is 11.2 Å². The Hall–Kier alpha value is -3.42. The van der Waals surface area contributed by atoms with E-state index in [1.807, 2.05) is 34.9 Å². The molecule has 1 aromatic carbocycles. The second-order valence-corrected chi connectivity index (χ2v) is 6.28. The maximum Gasteiger partial charge on any atom is 0.409 e. The summed E-state index contributed by atoms with van der Waals surface area (Å²) in [5.41, 5.74) is 2.99. The highest BCUT2D eigenvalue weighted by atomic mass is 16.6. The van der Waals surface area contributed by atoms with E-state index in [1.54, 1.807) is 23.5 Å². The third-order valence-corrected chi connectivity index (χ3v) is 4.43. The molecule has 4 rings (SSSR count). The van der Waals surface area contributed by atoms with E-state index in [9.17, 15) is 9.59 Å². The first kappa shape index (κ1) is 17.0. The van der Waals surface area contributed by atoms with Crippen molar-refractivity contribution in [3.63, 3.8) is 0 Å². The van der Waals surface area contributed by atoms with E-state index in [0.717, 1.165) is 11.2 Å². The van der Waals surface area contributed by atoms with Crippen LogP contribution in [-0.4, -0.2) is 57.7 Å². The highest BCUT2D eigenvalue weighted by molar-refractivity contribution is 5.96. The zero-order valence-electron chi connectivity index (χ0n) is 14.7. The van der Waals surface area contributed by atoms with Crippen LogP contribution in [0.1, 0.15) is 15.9 Å². The maximum atomic E-state index is 12.3. The summed E-state index contributed by atoms with van der Waals surface area (Å²) in [6.45, 7) is 2.41. The summed E-state index contributed by atoms with van der Waals surface area (Å²) in [7, 11) is 0. The number of rotatable bonds is 6. The highest BCUT2D eigenvalue weighted by Gasteiger charge is 2.21. The number of nitrogens with one attached hydrogen (secondary N) is 1. The van der Waals surface area contributed by atoms with Crippen LogP contribution in [0, 0.1) is 0 Å². The number of imidazole rings is 1. The minimum atomic E-state index is -0.337. The largest absolute Gasteiger partial charge is 0.448 e. The monoisotopic (exact) mass is 365 g/mol. The van der Waals surface area contributed by atoms with Crippen molar-refractivity contribution in [2.45, 2.75) is 6.54 Å². The molecule has 8 nitrogen and oxygen atoms in total. The van der Waals surface area contributed by atoms with Gasteiger partial charge in [0.15, 0.2) is 5.65 Å². The first-order chi connectivity index (χ1) is 13.2. The van der Waals surface area contributed by atoms with Gasteiger partial charge in [-0.1, -0.05) is 30.3 Å². The summed E-state index contributed by atoms with van der Waals surface area (Å²) in [5.74, 6) is -0.241. The van der Waals surface area contributed by atoms with Gasteiger partial charge in [0.25, 0.3) is 5.91 Å². The number of cyclic esters (lactones) is 1. The van der Waals surface area contributed by atoms with Gasteiger partial charge in [-0.2, -0.15) is 0 Å². The molecule has 0 bridgehead atoms. The summed E-state index contributed by atoms with van der Waals surface area (Å²) >= 11 is 0. The molecule has 1 saturated heterocycles. The van der Waals surface area contributed by atoms with Gasteiger partial charge in [0.05, 0.1) is 25.0 Å². The number of ether oxygens (including phenoxy) is 1. The molecular formula is C19H19N5O3. The van der Waals surface area contributed by atoms with Gasteiger partial charge in [-0.25, -0.2) is 14.8 Å². The van der Waals surface area contributed by atoms with Crippen molar-refractivity contribution in [1.82, 2.24) is 24.8 Å². The highest BCUT2D eigenvalue weighted by Crippen LogP contribution is 2.14. The summed E-state index contributed by atoms with van der Waals surface area (Å²) in [5, 5.41) is 2.79. The van der Waals surface area contributed by atoms with E-state index in [-0.39, 0.29) is 12.0 Å². The molecule has 3 aromatic rings. The Balaban J connectivity index is 1.41. The van der Waals surface area contributed by atoms with Crippen LogP contribution in [0.4, 0.5) is 4.79 Å². The number of carbonyl (C=O) groups is 2. The van der Waals surface area contributed by atoms with Gasteiger partial charge >= 0.3 is 6.09 Å². The van der Waals surface area contributed by atoms with Gasteiger partial charge in [-0.15, -0.1) is 0 Å². The van der Waals surface area contributed by atoms with Crippen molar-refractivity contribution < 1.29 is 14.3 Å². The molecule has 0 atom stereocenters. The normalized spacial score (nSPS) is 13.8. The van der Waals surface area contributed by atoms with Crippen LogP contribution < -0.4 is 5.32 Å². The lowest BCUT2D eigenvalue weighted by Crippen LogP contribution is -2.35. The lowest BCUT2D eigenvalue weighted by molar-refractivity contribution is 0.0948. The average Bonchev–Trinajstić information content (AvgIpc) is 3.28. The SMILES string of the molecule is O=C(NCCN1CCOC1=O)c1cnc2c(c1)ncn2Cc1ccccc1. The van der Waals surface area contributed by atoms with Crippen LogP contribution in [0.2, 0.25) is 0 Å². The Morgan fingerprint density at radius 3 is 2.85 bits per heavy atom. The van der Waals surface area contributed by atoms with Crippen LogP contribution in [-0.2, 0) is 11.3 Å².